The van der Waals surface area contributed by atoms with Crippen LogP contribution in [0.25, 0.3) is 21.0 Å². The topological polar surface area (TPSA) is 61.1 Å². The summed E-state index contributed by atoms with van der Waals surface area (Å²) >= 11 is 1.69. The first-order valence-electron chi connectivity index (χ1n) is 6.70. The molecule has 0 saturated heterocycles. The molecule has 0 aliphatic carbocycles. The maximum Gasteiger partial charge on any atom is 0.235 e. The van der Waals surface area contributed by atoms with E-state index in [1.165, 1.54) is 4.70 Å². The molecule has 1 aromatic heterocycles. The van der Waals surface area contributed by atoms with Gasteiger partial charge in [0.2, 0.25) is 10.5 Å². The van der Waals surface area contributed by atoms with Crippen molar-refractivity contribution < 1.29 is 17.5 Å². The van der Waals surface area contributed by atoms with E-state index in [1.807, 2.05) is 19.1 Å². The number of benzene rings is 2. The Balaban J connectivity index is 2.08. The molecule has 0 spiro atoms. The maximum atomic E-state index is 10.8. The molecule has 0 bridgehead atoms. The molecule has 1 heterocycles. The number of aryl methyl sites for hydroxylation is 2. The summed E-state index contributed by atoms with van der Waals surface area (Å²) in [5.74, 6) is -0.318. The van der Waals surface area contributed by atoms with Crippen LogP contribution in [0.15, 0.2) is 36.4 Å². The zero-order valence-electron chi connectivity index (χ0n) is 11.6. The van der Waals surface area contributed by atoms with Gasteiger partial charge in [-0.2, -0.15) is 4.57 Å². The van der Waals surface area contributed by atoms with Crippen LogP contribution >= 0.6 is 11.3 Å². The average Bonchev–Trinajstić information content (AvgIpc) is 2.74. The van der Waals surface area contributed by atoms with Gasteiger partial charge in [0.15, 0.2) is 6.54 Å². The average molecular weight is 321 g/mol. The van der Waals surface area contributed by atoms with Gasteiger partial charge in [0.05, 0.1) is 15.5 Å². The minimum absolute atomic E-state index is 0.318. The summed E-state index contributed by atoms with van der Waals surface area (Å²) in [7, 11) is -4.15. The third-order valence-corrected chi connectivity index (χ3v) is 5.40. The van der Waals surface area contributed by atoms with E-state index in [2.05, 4.69) is 28.8 Å². The Labute approximate surface area is 127 Å². The summed E-state index contributed by atoms with van der Waals surface area (Å²) in [6.07, 6.45) is 0.340. The van der Waals surface area contributed by atoms with Gasteiger partial charge in [-0.15, -0.1) is 0 Å². The van der Waals surface area contributed by atoms with Gasteiger partial charge in [-0.25, -0.2) is 8.42 Å². The highest BCUT2D eigenvalue weighted by molar-refractivity contribution is 7.85. The molecule has 0 aliphatic rings. The molecular weight excluding hydrogens is 306 g/mol. The highest BCUT2D eigenvalue weighted by Crippen LogP contribution is 2.27. The second-order valence-electron chi connectivity index (χ2n) is 5.02. The minimum atomic E-state index is -4.15. The van der Waals surface area contributed by atoms with Gasteiger partial charge < -0.3 is 4.55 Å². The van der Waals surface area contributed by atoms with Crippen LogP contribution < -0.4 is 4.57 Å². The summed E-state index contributed by atoms with van der Waals surface area (Å²) in [5.41, 5.74) is 1.12. The maximum absolute atomic E-state index is 10.8. The largest absolute Gasteiger partial charge is 0.748 e. The molecule has 21 heavy (non-hydrogen) atoms. The molecule has 3 aromatic rings. The molecular formula is C15H15NO3S2. The summed E-state index contributed by atoms with van der Waals surface area (Å²) < 4.78 is 35.6. The Morgan fingerprint density at radius 1 is 1.19 bits per heavy atom. The van der Waals surface area contributed by atoms with Crippen LogP contribution in [-0.2, 0) is 16.7 Å². The van der Waals surface area contributed by atoms with Gasteiger partial charge in [0.1, 0.15) is 4.70 Å². The zero-order valence-corrected chi connectivity index (χ0v) is 13.2. The van der Waals surface area contributed by atoms with Crippen LogP contribution in [0.5, 0.6) is 0 Å². The second-order valence-corrected chi connectivity index (χ2v) is 7.78. The highest BCUT2D eigenvalue weighted by Gasteiger charge is 2.19. The highest BCUT2D eigenvalue weighted by atomic mass is 32.2. The van der Waals surface area contributed by atoms with E-state index in [1.54, 1.807) is 11.3 Å². The smallest absolute Gasteiger partial charge is 0.235 e. The molecule has 0 N–H and O–H groups in total. The van der Waals surface area contributed by atoms with Crippen LogP contribution in [0.1, 0.15) is 11.4 Å². The molecule has 0 amide bonds. The van der Waals surface area contributed by atoms with E-state index >= 15 is 0 Å². The minimum Gasteiger partial charge on any atom is -0.748 e. The van der Waals surface area contributed by atoms with Crippen molar-refractivity contribution in [3.05, 3.63) is 41.4 Å². The van der Waals surface area contributed by atoms with Crippen molar-refractivity contribution in [2.45, 2.75) is 19.9 Å². The van der Waals surface area contributed by atoms with Crippen LogP contribution in [0.2, 0.25) is 0 Å². The Morgan fingerprint density at radius 2 is 1.95 bits per heavy atom. The van der Waals surface area contributed by atoms with Crippen molar-refractivity contribution >= 4 is 42.4 Å². The van der Waals surface area contributed by atoms with Crippen LogP contribution in [0, 0.1) is 6.92 Å². The predicted molar refractivity (Wildman–Crippen MR) is 83.4 cm³/mol. The Kier molecular flexibility index (Phi) is 3.69. The molecule has 2 aromatic carbocycles. The van der Waals surface area contributed by atoms with Crippen LogP contribution in [-0.4, -0.2) is 18.7 Å². The fourth-order valence-corrected chi connectivity index (χ4v) is 4.18. The van der Waals surface area contributed by atoms with Gasteiger partial charge in [0.25, 0.3) is 0 Å². The summed E-state index contributed by atoms with van der Waals surface area (Å²) in [5, 5.41) is 3.43. The standard InChI is InChI=1S/C15H15NO3S2/c1-11-16(9-4-10-21(17,18)19)15-13-6-3-2-5-12(13)7-8-14(15)20-11/h2-3,5-8H,4,9-10H2,1H3. The number of rotatable bonds is 4. The molecule has 110 valence electrons. The molecule has 0 radical (unpaired) electrons. The third kappa shape index (κ3) is 2.92. The quantitative estimate of drug-likeness (QED) is 0.548. The van der Waals surface area contributed by atoms with E-state index in [-0.39, 0.29) is 5.75 Å². The summed E-state index contributed by atoms with van der Waals surface area (Å²) in [6.45, 7) is 2.56. The van der Waals surface area contributed by atoms with Crippen molar-refractivity contribution in [1.82, 2.24) is 0 Å². The fraction of sp³-hybridized carbons (Fsp3) is 0.267. The van der Waals surface area contributed by atoms with E-state index in [4.69, 9.17) is 0 Å². The number of thiazole rings is 1. The van der Waals surface area contributed by atoms with Gasteiger partial charge in [-0.1, -0.05) is 35.6 Å². The molecule has 4 nitrogen and oxygen atoms in total. The van der Waals surface area contributed by atoms with E-state index in [9.17, 15) is 13.0 Å². The number of aromatic nitrogens is 1. The number of nitrogens with zero attached hydrogens (tertiary/aromatic N) is 1. The summed E-state index contributed by atoms with van der Waals surface area (Å²) in [6, 6.07) is 12.3. The third-order valence-electron chi connectivity index (χ3n) is 3.55. The molecule has 0 saturated carbocycles. The predicted octanol–water partition coefficient (Wildman–Crippen LogP) is 2.59. The van der Waals surface area contributed by atoms with Gasteiger partial charge in [-0.05, 0) is 17.5 Å². The lowest BCUT2D eigenvalue weighted by molar-refractivity contribution is -0.672. The normalized spacial score (nSPS) is 12.3. The van der Waals surface area contributed by atoms with Crippen LogP contribution in [0.3, 0.4) is 0 Å². The molecule has 3 rings (SSSR count). The Bertz CT molecular complexity index is 913. The van der Waals surface area contributed by atoms with E-state index in [0.717, 1.165) is 21.3 Å². The second kappa shape index (κ2) is 5.36. The van der Waals surface area contributed by atoms with Crippen molar-refractivity contribution in [2.75, 3.05) is 5.75 Å². The monoisotopic (exact) mass is 321 g/mol. The van der Waals surface area contributed by atoms with Crippen molar-refractivity contribution in [3.8, 4) is 0 Å². The number of fused-ring (bicyclic) bond motifs is 3. The Morgan fingerprint density at radius 3 is 2.71 bits per heavy atom. The van der Waals surface area contributed by atoms with Crippen LogP contribution in [0.4, 0.5) is 0 Å². The number of hydrogen-bond donors (Lipinski definition) is 0. The zero-order chi connectivity index (χ0) is 15.0. The fourth-order valence-electron chi connectivity index (χ4n) is 2.64. The Hall–Kier alpha value is -1.50. The van der Waals surface area contributed by atoms with Gasteiger partial charge in [0, 0.05) is 19.1 Å². The number of hydrogen-bond acceptors (Lipinski definition) is 4. The van der Waals surface area contributed by atoms with Gasteiger partial charge >= 0.3 is 0 Å². The van der Waals surface area contributed by atoms with Crippen molar-refractivity contribution in [3.63, 3.8) is 0 Å². The first kappa shape index (κ1) is 14.4. The molecule has 0 fully saturated rings. The molecule has 0 unspecified atom stereocenters. The SMILES string of the molecule is Cc1sc2ccc3ccccc3c2[n+]1CCCS(=O)(=O)[O-]. The lowest BCUT2D eigenvalue weighted by atomic mass is 10.1. The lowest BCUT2D eigenvalue weighted by Crippen LogP contribution is -2.36. The van der Waals surface area contributed by atoms with E-state index in [0.29, 0.717) is 13.0 Å². The molecule has 0 atom stereocenters. The lowest BCUT2D eigenvalue weighted by Gasteiger charge is -2.04. The first-order valence-corrected chi connectivity index (χ1v) is 9.09. The van der Waals surface area contributed by atoms with E-state index < -0.39 is 10.1 Å². The summed E-state index contributed by atoms with van der Waals surface area (Å²) in [4.78, 5) is 0. The first-order chi connectivity index (χ1) is 9.96. The van der Waals surface area contributed by atoms with Gasteiger partial charge in [-0.3, -0.25) is 0 Å². The van der Waals surface area contributed by atoms with Crippen molar-refractivity contribution in [2.24, 2.45) is 0 Å². The molecule has 0 aliphatic heterocycles. The van der Waals surface area contributed by atoms with Crippen molar-refractivity contribution in [1.29, 1.82) is 0 Å². The molecule has 6 heteroatoms.